The van der Waals surface area contributed by atoms with Gasteiger partial charge in [0.2, 0.25) is 5.95 Å². The van der Waals surface area contributed by atoms with Gasteiger partial charge in [0.05, 0.1) is 40.2 Å². The van der Waals surface area contributed by atoms with Gasteiger partial charge in [-0.15, -0.1) is 11.3 Å². The molecule has 5 heterocycles. The molecule has 0 radical (unpaired) electrons. The van der Waals surface area contributed by atoms with Gasteiger partial charge in [-0.05, 0) is 55.3 Å². The molecule has 2 N–H and O–H groups in total. The number of H-pyrrole nitrogens is 1. The quantitative estimate of drug-likeness (QED) is 0.230. The van der Waals surface area contributed by atoms with Crippen LogP contribution in [0.3, 0.4) is 0 Å². The average molecular weight is 576 g/mol. The van der Waals surface area contributed by atoms with E-state index in [-0.39, 0.29) is 11.6 Å². The smallest absolute Gasteiger partial charge is 0.326 e. The number of hydrogen-bond acceptors (Lipinski definition) is 8. The Morgan fingerprint density at radius 2 is 1.90 bits per heavy atom. The van der Waals surface area contributed by atoms with Crippen molar-refractivity contribution in [1.82, 2.24) is 29.0 Å². The number of pyridine rings is 1. The normalized spacial score (nSPS) is 14.3. The summed E-state index contributed by atoms with van der Waals surface area (Å²) in [5.41, 5.74) is 3.98. The molecule has 41 heavy (non-hydrogen) atoms. The molecule has 0 atom stereocenters. The van der Waals surface area contributed by atoms with Gasteiger partial charge >= 0.3 is 5.69 Å². The number of morpholine rings is 1. The molecule has 5 aromatic rings. The summed E-state index contributed by atoms with van der Waals surface area (Å²) < 4.78 is 14.8. The van der Waals surface area contributed by atoms with Crippen molar-refractivity contribution < 1.29 is 14.3 Å². The molecule has 0 spiro atoms. The number of aromatic amines is 1. The number of rotatable bonds is 11. The summed E-state index contributed by atoms with van der Waals surface area (Å²) in [6.07, 6.45) is 4.23. The molecule has 1 fully saturated rings. The average Bonchev–Trinajstić information content (AvgIpc) is 3.69. The number of carbonyl (C=O) groups excluding carboxylic acids is 1. The van der Waals surface area contributed by atoms with E-state index in [0.29, 0.717) is 42.6 Å². The molecule has 1 aromatic carbocycles. The van der Waals surface area contributed by atoms with Crippen LogP contribution in [0.4, 0.5) is 5.95 Å². The first-order chi connectivity index (χ1) is 20.1. The molecule has 11 nitrogen and oxygen atoms in total. The molecule has 0 unspecified atom stereocenters. The maximum atomic E-state index is 13.3. The number of benzene rings is 1. The lowest BCUT2D eigenvalue weighted by molar-refractivity contribution is 0.0364. The van der Waals surface area contributed by atoms with Crippen LogP contribution in [-0.4, -0.2) is 81.0 Å². The number of amides is 1. The van der Waals surface area contributed by atoms with E-state index >= 15 is 0 Å². The molecular weight excluding hydrogens is 542 g/mol. The van der Waals surface area contributed by atoms with E-state index in [2.05, 4.69) is 20.2 Å². The number of imidazole rings is 2. The number of thiophene rings is 1. The number of fused-ring (bicyclic) bond motifs is 2. The first-order valence-electron chi connectivity index (χ1n) is 13.9. The lowest BCUT2D eigenvalue weighted by Crippen LogP contribution is -2.39. The van der Waals surface area contributed by atoms with Gasteiger partial charge < -0.3 is 19.0 Å². The first kappa shape index (κ1) is 27.3. The zero-order chi connectivity index (χ0) is 28.2. The number of hydrogen-bond donors (Lipinski definition) is 2. The van der Waals surface area contributed by atoms with Gasteiger partial charge in [-0.2, -0.15) is 0 Å². The molecule has 0 aliphatic carbocycles. The molecule has 6 rings (SSSR count). The molecule has 0 saturated carbocycles. The van der Waals surface area contributed by atoms with Crippen LogP contribution in [0.25, 0.3) is 32.5 Å². The Hall–Kier alpha value is -3.84. The highest BCUT2D eigenvalue weighted by Gasteiger charge is 2.19. The van der Waals surface area contributed by atoms with E-state index in [1.165, 1.54) is 11.3 Å². The van der Waals surface area contributed by atoms with Crippen molar-refractivity contribution >= 4 is 45.3 Å². The van der Waals surface area contributed by atoms with Crippen LogP contribution >= 0.6 is 11.3 Å². The van der Waals surface area contributed by atoms with Gasteiger partial charge in [-0.3, -0.25) is 24.6 Å². The second-order valence-electron chi connectivity index (χ2n) is 9.89. The molecule has 12 heteroatoms. The van der Waals surface area contributed by atoms with Crippen LogP contribution in [0, 0.1) is 0 Å². The van der Waals surface area contributed by atoms with E-state index in [1.807, 2.05) is 47.9 Å². The zero-order valence-corrected chi connectivity index (χ0v) is 23.8. The van der Waals surface area contributed by atoms with Crippen molar-refractivity contribution in [3.05, 3.63) is 64.2 Å². The lowest BCUT2D eigenvalue weighted by Gasteiger charge is -2.26. The largest absolute Gasteiger partial charge is 0.382 e. The third-order valence-electron chi connectivity index (χ3n) is 7.28. The van der Waals surface area contributed by atoms with E-state index in [1.54, 1.807) is 17.0 Å². The fraction of sp³-hybridized carbons (Fsp3) is 0.379. The van der Waals surface area contributed by atoms with Crippen LogP contribution in [-0.2, 0) is 22.6 Å². The van der Waals surface area contributed by atoms with E-state index in [4.69, 9.17) is 14.5 Å². The highest BCUT2D eigenvalue weighted by molar-refractivity contribution is 7.17. The second-order valence-corrected chi connectivity index (χ2v) is 11.0. The minimum atomic E-state index is -0.218. The third kappa shape index (κ3) is 5.96. The van der Waals surface area contributed by atoms with Crippen LogP contribution in [0.5, 0.6) is 0 Å². The first-order valence-corrected chi connectivity index (χ1v) is 14.7. The van der Waals surface area contributed by atoms with Crippen LogP contribution in [0.15, 0.2) is 53.6 Å². The Morgan fingerprint density at radius 1 is 1.07 bits per heavy atom. The number of ether oxygens (including phenoxy) is 2. The molecular formula is C29H33N7O4S. The number of aromatic nitrogens is 5. The summed E-state index contributed by atoms with van der Waals surface area (Å²) >= 11 is 1.42. The molecule has 1 amide bonds. The van der Waals surface area contributed by atoms with Crippen LogP contribution in [0.1, 0.15) is 23.0 Å². The molecule has 214 valence electrons. The summed E-state index contributed by atoms with van der Waals surface area (Å²) in [4.78, 5) is 41.9. The zero-order valence-electron chi connectivity index (χ0n) is 23.0. The lowest BCUT2D eigenvalue weighted by atomic mass is 10.2. The second kappa shape index (κ2) is 12.4. The third-order valence-corrected chi connectivity index (χ3v) is 8.41. The molecule has 0 bridgehead atoms. The van der Waals surface area contributed by atoms with Crippen molar-refractivity contribution in [3.8, 4) is 10.4 Å². The highest BCUT2D eigenvalue weighted by Crippen LogP contribution is 2.29. The van der Waals surface area contributed by atoms with Gasteiger partial charge in [0.15, 0.2) is 0 Å². The minimum absolute atomic E-state index is 0.139. The SMILES string of the molecule is CCOCCCn1c(NC(=O)c2ccc(-c3ccncc3)s2)nc2cc3[nH]c(=O)n(CCN4CCOCC4)c3cc21. The number of nitrogens with one attached hydrogen (secondary N) is 2. The van der Waals surface area contributed by atoms with Gasteiger partial charge in [-0.25, -0.2) is 9.78 Å². The Labute approximate surface area is 240 Å². The Kier molecular flexibility index (Phi) is 8.23. The summed E-state index contributed by atoms with van der Waals surface area (Å²) in [6, 6.07) is 11.5. The van der Waals surface area contributed by atoms with Crippen molar-refractivity contribution in [1.29, 1.82) is 0 Å². The van der Waals surface area contributed by atoms with Crippen LogP contribution in [0.2, 0.25) is 0 Å². The standard InChI is InChI=1S/C29H33N7O4S/c1-2-39-15-3-10-35-23-19-24-22(32-29(38)36(24)12-11-34-13-16-40-17-14-34)18-21(23)31-28(35)33-27(37)26-5-4-25(41-26)20-6-8-30-9-7-20/h4-9,18-19H,2-3,10-17H2,1H3,(H,32,38)(H,31,33,37). The maximum Gasteiger partial charge on any atom is 0.326 e. The molecule has 1 aliphatic rings. The predicted octanol–water partition coefficient (Wildman–Crippen LogP) is 3.81. The molecule has 4 aromatic heterocycles. The van der Waals surface area contributed by atoms with Gasteiger partial charge in [0, 0.05) is 63.2 Å². The fourth-order valence-corrected chi connectivity index (χ4v) is 6.06. The fourth-order valence-electron chi connectivity index (χ4n) is 5.15. The van der Waals surface area contributed by atoms with Crippen molar-refractivity contribution in [2.45, 2.75) is 26.4 Å². The summed E-state index contributed by atoms with van der Waals surface area (Å²) in [6.45, 7) is 8.33. The topological polar surface area (TPSA) is 119 Å². The van der Waals surface area contributed by atoms with E-state index in [0.717, 1.165) is 66.3 Å². The van der Waals surface area contributed by atoms with Gasteiger partial charge in [0.25, 0.3) is 5.91 Å². The minimum Gasteiger partial charge on any atom is -0.382 e. The summed E-state index contributed by atoms with van der Waals surface area (Å²) in [5.74, 6) is 0.250. The molecule has 1 saturated heterocycles. The highest BCUT2D eigenvalue weighted by atomic mass is 32.1. The number of aryl methyl sites for hydroxylation is 1. The number of carbonyl (C=O) groups is 1. The Bertz CT molecular complexity index is 1700. The van der Waals surface area contributed by atoms with E-state index in [9.17, 15) is 9.59 Å². The summed E-state index contributed by atoms with van der Waals surface area (Å²) in [5, 5.41) is 3.04. The van der Waals surface area contributed by atoms with Gasteiger partial charge in [-0.1, -0.05) is 0 Å². The molecule has 1 aliphatic heterocycles. The van der Waals surface area contributed by atoms with Crippen LogP contribution < -0.4 is 11.0 Å². The van der Waals surface area contributed by atoms with Crippen molar-refractivity contribution in [3.63, 3.8) is 0 Å². The monoisotopic (exact) mass is 575 g/mol. The maximum absolute atomic E-state index is 13.3. The van der Waals surface area contributed by atoms with Crippen molar-refractivity contribution in [2.24, 2.45) is 0 Å². The van der Waals surface area contributed by atoms with Crippen molar-refractivity contribution in [2.75, 3.05) is 51.4 Å². The van der Waals surface area contributed by atoms with E-state index < -0.39 is 0 Å². The van der Waals surface area contributed by atoms with Gasteiger partial charge in [0.1, 0.15) is 0 Å². The Morgan fingerprint density at radius 3 is 2.71 bits per heavy atom. The predicted molar refractivity (Wildman–Crippen MR) is 160 cm³/mol. The Balaban J connectivity index is 1.30. The number of anilines is 1. The number of nitrogens with zero attached hydrogens (tertiary/aromatic N) is 5. The summed E-state index contributed by atoms with van der Waals surface area (Å²) in [7, 11) is 0.